The number of benzene rings is 1. The summed E-state index contributed by atoms with van der Waals surface area (Å²) in [4.78, 5) is 54.9. The number of nitrogens with two attached hydrogens (primary N) is 1. The molecule has 1 aliphatic heterocycles. The summed E-state index contributed by atoms with van der Waals surface area (Å²) >= 11 is 0. The third-order valence-corrected chi connectivity index (χ3v) is 8.70. The lowest BCUT2D eigenvalue weighted by molar-refractivity contribution is -0.0645. The van der Waals surface area contributed by atoms with Crippen molar-refractivity contribution in [2.75, 3.05) is 19.1 Å². The number of hydrogen-bond acceptors (Lipinski definition) is 13. The molecule has 1 aromatic carbocycles. The first-order chi connectivity index (χ1) is 18.7. The van der Waals surface area contributed by atoms with E-state index >= 15 is 0 Å². The molecule has 0 amide bonds. The molecule has 1 aromatic heterocycles. The van der Waals surface area contributed by atoms with Gasteiger partial charge >= 0.3 is 29.2 Å². The van der Waals surface area contributed by atoms with Crippen LogP contribution in [0.15, 0.2) is 46.4 Å². The Labute approximate surface area is 224 Å². The number of nitrogens with zero attached hydrogens (tertiary/aromatic N) is 5. The molecular formula is C17H23N6O14P3. The summed E-state index contributed by atoms with van der Waals surface area (Å²) in [5.41, 5.74) is 13.7. The molecule has 20 nitrogen and oxygen atoms in total. The molecular weight excluding hydrogens is 605 g/mol. The maximum absolute atomic E-state index is 12.3. The zero-order valence-electron chi connectivity index (χ0n) is 20.1. The predicted octanol–water partition coefficient (Wildman–Crippen LogP) is 1.69. The smallest absolute Gasteiger partial charge is 0.488 e. The first-order valence-corrected chi connectivity index (χ1v) is 15.3. The molecule has 40 heavy (non-hydrogen) atoms. The molecule has 0 aliphatic carbocycles. The fraction of sp³-hybridized carbons (Fsp3) is 0.412. The van der Waals surface area contributed by atoms with Gasteiger partial charge in [-0.05, 0) is 29.3 Å². The van der Waals surface area contributed by atoms with Crippen LogP contribution in [0.25, 0.3) is 10.4 Å². The van der Waals surface area contributed by atoms with E-state index in [0.717, 1.165) is 4.57 Å². The summed E-state index contributed by atoms with van der Waals surface area (Å²) in [6.45, 7) is -1.02. The van der Waals surface area contributed by atoms with Crippen molar-refractivity contribution in [1.29, 1.82) is 0 Å². The quantitative estimate of drug-likeness (QED) is 0.0860. The molecule has 220 valence electrons. The minimum Gasteiger partial charge on any atom is -0.488 e. The van der Waals surface area contributed by atoms with Gasteiger partial charge in [-0.1, -0.05) is 17.2 Å². The zero-order chi connectivity index (χ0) is 29.6. The summed E-state index contributed by atoms with van der Waals surface area (Å²) in [7, 11) is -16.7. The number of nitrogen functional groups attached to an aromatic ring is 1. The molecule has 3 rings (SSSR count). The summed E-state index contributed by atoms with van der Waals surface area (Å²) in [6.07, 6.45) is -1.71. The topological polar surface area (TPSA) is 297 Å². The molecule has 3 unspecified atom stereocenters. The van der Waals surface area contributed by atoms with Crippen LogP contribution in [0.1, 0.15) is 18.2 Å². The Balaban J connectivity index is 1.70. The van der Waals surface area contributed by atoms with Crippen LogP contribution >= 0.6 is 23.5 Å². The Bertz CT molecular complexity index is 1430. The van der Waals surface area contributed by atoms with Gasteiger partial charge in [0, 0.05) is 17.5 Å². The average Bonchev–Trinajstić information content (AvgIpc) is 3.23. The highest BCUT2D eigenvalue weighted by atomic mass is 31.3. The summed E-state index contributed by atoms with van der Waals surface area (Å²) in [5, 5.41) is 3.25. The molecule has 1 saturated heterocycles. The highest BCUT2D eigenvalue weighted by molar-refractivity contribution is 7.66. The van der Waals surface area contributed by atoms with E-state index < -0.39 is 54.2 Å². The van der Waals surface area contributed by atoms with Gasteiger partial charge < -0.3 is 39.5 Å². The zero-order valence-corrected chi connectivity index (χ0v) is 22.7. The average molecular weight is 628 g/mol. The highest BCUT2D eigenvalue weighted by Crippen LogP contribution is 2.66. The largest absolute Gasteiger partial charge is 0.490 e. The normalized spacial score (nSPS) is 22.1. The molecule has 1 fully saturated rings. The Kier molecular flexibility index (Phi) is 10.6. The number of aromatic nitrogens is 2. The number of hydrogen-bond donors (Lipinski definition) is 5. The van der Waals surface area contributed by atoms with Crippen molar-refractivity contribution < 1.29 is 60.6 Å². The Morgan fingerprint density at radius 1 is 1.12 bits per heavy atom. The van der Waals surface area contributed by atoms with Gasteiger partial charge in [0.1, 0.15) is 23.9 Å². The van der Waals surface area contributed by atoms with Crippen molar-refractivity contribution in [3.8, 4) is 5.75 Å². The Morgan fingerprint density at radius 2 is 1.82 bits per heavy atom. The Morgan fingerprint density at radius 3 is 2.45 bits per heavy atom. The van der Waals surface area contributed by atoms with Crippen LogP contribution in [0.5, 0.6) is 5.75 Å². The number of rotatable bonds is 14. The SMILES string of the molecule is [N-]=[N+]=NCOc1ccc(COC2C[C@H](n3ccc(N)nc3=O)O[C@@H]2COP(=O)(O)OP(=O)(O)OP(=O)(O)O)cc1. The number of ether oxygens (including phenoxy) is 3. The van der Waals surface area contributed by atoms with Gasteiger partial charge in [0.25, 0.3) is 0 Å². The first-order valence-electron chi connectivity index (χ1n) is 10.8. The lowest BCUT2D eigenvalue weighted by atomic mass is 10.1. The maximum atomic E-state index is 12.3. The van der Waals surface area contributed by atoms with Crippen molar-refractivity contribution >= 4 is 29.3 Å². The van der Waals surface area contributed by atoms with Gasteiger partial charge in [-0.15, -0.1) is 0 Å². The minimum absolute atomic E-state index is 0.0159. The van der Waals surface area contributed by atoms with Crippen LogP contribution in [0.3, 0.4) is 0 Å². The van der Waals surface area contributed by atoms with Gasteiger partial charge in [0.05, 0.1) is 19.3 Å². The molecule has 5 atom stereocenters. The van der Waals surface area contributed by atoms with Gasteiger partial charge in [-0.2, -0.15) is 13.6 Å². The van der Waals surface area contributed by atoms with E-state index in [4.69, 9.17) is 35.3 Å². The van der Waals surface area contributed by atoms with Crippen LogP contribution in [0, 0.1) is 0 Å². The third-order valence-electron chi connectivity index (χ3n) is 4.90. The van der Waals surface area contributed by atoms with Crippen molar-refractivity contribution in [1.82, 2.24) is 9.55 Å². The minimum atomic E-state index is -5.72. The third kappa shape index (κ3) is 10.1. The second-order valence-electron chi connectivity index (χ2n) is 7.79. The predicted molar refractivity (Wildman–Crippen MR) is 131 cm³/mol. The second kappa shape index (κ2) is 13.3. The standard InChI is InChI=1S/C17H23N6O14P3/c18-15-5-6-23(17(24)21-15)16-7-13(32-8-11-1-3-12(4-2-11)33-10-20-22-19)14(35-16)9-34-39(28,29)37-40(30,31)36-38(25,26)27/h1-6,13-14,16H,7-10H2,(H,28,29)(H,30,31)(H2,18,21,24)(H2,25,26,27)/t13?,14-,16-/m1/s1. The number of azide groups is 1. The number of phosphoric acid groups is 3. The van der Waals surface area contributed by atoms with E-state index in [1.54, 1.807) is 24.3 Å². The molecule has 2 heterocycles. The summed E-state index contributed by atoms with van der Waals surface area (Å²) in [5.74, 6) is 0.382. The lowest BCUT2D eigenvalue weighted by Crippen LogP contribution is -2.29. The van der Waals surface area contributed by atoms with Crippen molar-refractivity contribution in [3.05, 3.63) is 63.0 Å². The molecule has 1 aliphatic rings. The lowest BCUT2D eigenvalue weighted by Gasteiger charge is -2.21. The first kappa shape index (κ1) is 31.9. The van der Waals surface area contributed by atoms with E-state index in [1.165, 1.54) is 12.3 Å². The summed E-state index contributed by atoms with van der Waals surface area (Å²) < 4.78 is 64.5. The van der Waals surface area contributed by atoms with E-state index in [-0.39, 0.29) is 25.6 Å². The second-order valence-corrected chi connectivity index (χ2v) is 12.2. The van der Waals surface area contributed by atoms with Crippen molar-refractivity contribution in [2.24, 2.45) is 5.11 Å². The molecule has 6 N–H and O–H groups in total. The van der Waals surface area contributed by atoms with Gasteiger partial charge in [-0.3, -0.25) is 9.09 Å². The fourth-order valence-corrected chi connectivity index (χ4v) is 6.36. The van der Waals surface area contributed by atoms with Gasteiger partial charge in [0.2, 0.25) is 0 Å². The van der Waals surface area contributed by atoms with E-state index in [9.17, 15) is 28.3 Å². The highest BCUT2D eigenvalue weighted by Gasteiger charge is 2.43. The molecule has 0 bridgehead atoms. The van der Waals surface area contributed by atoms with Gasteiger partial charge in [-0.25, -0.2) is 18.5 Å². The van der Waals surface area contributed by atoms with E-state index in [0.29, 0.717) is 11.3 Å². The molecule has 0 saturated carbocycles. The van der Waals surface area contributed by atoms with Crippen LogP contribution in [-0.2, 0) is 42.9 Å². The molecule has 0 radical (unpaired) electrons. The monoisotopic (exact) mass is 628 g/mol. The van der Waals surface area contributed by atoms with Gasteiger partial charge in [0.15, 0.2) is 6.73 Å². The number of phosphoric ester groups is 1. The molecule has 2 aromatic rings. The van der Waals surface area contributed by atoms with Crippen LogP contribution in [0.4, 0.5) is 5.82 Å². The fourth-order valence-electron chi connectivity index (χ4n) is 3.33. The van der Waals surface area contributed by atoms with Crippen LogP contribution < -0.4 is 16.2 Å². The van der Waals surface area contributed by atoms with Crippen LogP contribution in [-0.4, -0.2) is 54.7 Å². The number of anilines is 1. The molecule has 23 heteroatoms. The van der Waals surface area contributed by atoms with E-state index in [1.807, 2.05) is 0 Å². The van der Waals surface area contributed by atoms with E-state index in [2.05, 4.69) is 28.2 Å². The summed E-state index contributed by atoms with van der Waals surface area (Å²) in [6, 6.07) is 7.81. The van der Waals surface area contributed by atoms with Crippen molar-refractivity contribution in [3.63, 3.8) is 0 Å². The maximum Gasteiger partial charge on any atom is 0.490 e. The Hall–Kier alpha value is -2.66. The van der Waals surface area contributed by atoms with Crippen LogP contribution in [0.2, 0.25) is 0 Å². The molecule has 0 spiro atoms. The van der Waals surface area contributed by atoms with Crippen molar-refractivity contribution in [2.45, 2.75) is 31.5 Å².